The number of hydrogen-bond donors (Lipinski definition) is 2. The Bertz CT molecular complexity index is 901. The molecule has 2 amide bonds. The van der Waals surface area contributed by atoms with Gasteiger partial charge in [0.15, 0.2) is 5.76 Å². The van der Waals surface area contributed by atoms with Gasteiger partial charge >= 0.3 is 0 Å². The Morgan fingerprint density at radius 2 is 1.86 bits per heavy atom. The van der Waals surface area contributed by atoms with Crippen molar-refractivity contribution in [2.75, 3.05) is 18.5 Å². The molecule has 28 heavy (non-hydrogen) atoms. The zero-order chi connectivity index (χ0) is 19.8. The zero-order valence-electron chi connectivity index (χ0n) is 15.6. The summed E-state index contributed by atoms with van der Waals surface area (Å²) in [6, 6.07) is 14.6. The molecule has 3 aromatic rings. The van der Waals surface area contributed by atoms with Gasteiger partial charge in [-0.25, -0.2) is 0 Å². The van der Waals surface area contributed by atoms with Crippen LogP contribution in [0, 0.1) is 6.92 Å². The van der Waals surface area contributed by atoms with Crippen LogP contribution in [0.5, 0.6) is 5.75 Å². The lowest BCUT2D eigenvalue weighted by Gasteiger charge is -2.07. The lowest BCUT2D eigenvalue weighted by Crippen LogP contribution is -2.23. The van der Waals surface area contributed by atoms with Gasteiger partial charge in [0.05, 0.1) is 22.7 Å². The summed E-state index contributed by atoms with van der Waals surface area (Å²) in [7, 11) is 0. The van der Waals surface area contributed by atoms with E-state index in [1.54, 1.807) is 24.3 Å². The predicted octanol–water partition coefficient (Wildman–Crippen LogP) is 4.49. The minimum absolute atomic E-state index is 0.150. The van der Waals surface area contributed by atoms with Crippen LogP contribution in [0.1, 0.15) is 38.6 Å². The number of furan rings is 1. The molecule has 146 valence electrons. The first-order valence-electron chi connectivity index (χ1n) is 9.04. The maximum Gasteiger partial charge on any atom is 0.291 e. The van der Waals surface area contributed by atoms with Crippen LogP contribution < -0.4 is 15.4 Å². The van der Waals surface area contributed by atoms with E-state index >= 15 is 0 Å². The van der Waals surface area contributed by atoms with E-state index in [0.717, 1.165) is 18.6 Å². The number of carbonyl (C=O) groups excluding carboxylic acids is 2. The summed E-state index contributed by atoms with van der Waals surface area (Å²) in [5, 5.41) is 6.19. The van der Waals surface area contributed by atoms with Crippen molar-refractivity contribution < 1.29 is 18.7 Å². The van der Waals surface area contributed by atoms with Gasteiger partial charge in [0, 0.05) is 6.54 Å². The molecule has 0 bridgehead atoms. The fraction of sp³-hybridized carbons (Fsp3) is 0.238. The summed E-state index contributed by atoms with van der Waals surface area (Å²) < 4.78 is 10.7. The Kier molecular flexibility index (Phi) is 6.86. The van der Waals surface area contributed by atoms with E-state index in [1.165, 1.54) is 23.2 Å². The molecular weight excluding hydrogens is 376 g/mol. The molecule has 0 unspecified atom stereocenters. The highest BCUT2D eigenvalue weighted by Gasteiger charge is 2.13. The van der Waals surface area contributed by atoms with Gasteiger partial charge < -0.3 is 19.8 Å². The maximum absolute atomic E-state index is 12.2. The van der Waals surface area contributed by atoms with E-state index in [-0.39, 0.29) is 17.6 Å². The summed E-state index contributed by atoms with van der Waals surface area (Å²) in [6.45, 7) is 3.22. The van der Waals surface area contributed by atoms with E-state index < -0.39 is 0 Å². The molecule has 0 aliphatic rings. The minimum Gasteiger partial charge on any atom is -0.494 e. The van der Waals surface area contributed by atoms with Gasteiger partial charge in [-0.1, -0.05) is 17.7 Å². The molecule has 0 aliphatic heterocycles. The van der Waals surface area contributed by atoms with Crippen LogP contribution >= 0.6 is 11.3 Å². The number of hydrogen-bond acceptors (Lipinski definition) is 5. The van der Waals surface area contributed by atoms with Gasteiger partial charge in [0.1, 0.15) is 5.75 Å². The fourth-order valence-electron chi connectivity index (χ4n) is 2.45. The van der Waals surface area contributed by atoms with Gasteiger partial charge in [-0.15, -0.1) is 11.3 Å². The standard InChI is InChI=1S/C21H22N2O4S/c1-15-6-8-16(9-7-15)26-13-3-2-12-22-21(25)18-10-11-19(28-18)23-20(24)17-5-4-14-27-17/h4-11,14H,2-3,12-13H2,1H3,(H,22,25)(H,23,24). The van der Waals surface area contributed by atoms with E-state index in [1.807, 2.05) is 31.2 Å². The van der Waals surface area contributed by atoms with Crippen molar-refractivity contribution in [3.05, 3.63) is 71.0 Å². The smallest absolute Gasteiger partial charge is 0.291 e. The molecule has 2 aromatic heterocycles. The second-order valence-electron chi connectivity index (χ2n) is 6.22. The predicted molar refractivity (Wildman–Crippen MR) is 109 cm³/mol. The lowest BCUT2D eigenvalue weighted by molar-refractivity contribution is 0.0955. The summed E-state index contributed by atoms with van der Waals surface area (Å²) in [4.78, 5) is 24.7. The lowest BCUT2D eigenvalue weighted by atomic mass is 10.2. The van der Waals surface area contributed by atoms with Gasteiger partial charge in [0.2, 0.25) is 0 Å². The highest BCUT2D eigenvalue weighted by atomic mass is 32.1. The molecule has 6 nitrogen and oxygen atoms in total. The Labute approximate surface area is 167 Å². The van der Waals surface area contributed by atoms with Crippen LogP contribution in [0.25, 0.3) is 0 Å². The highest BCUT2D eigenvalue weighted by Crippen LogP contribution is 2.22. The molecule has 2 N–H and O–H groups in total. The number of amides is 2. The number of benzene rings is 1. The van der Waals surface area contributed by atoms with Crippen molar-refractivity contribution in [3.63, 3.8) is 0 Å². The van der Waals surface area contributed by atoms with E-state index in [2.05, 4.69) is 10.6 Å². The van der Waals surface area contributed by atoms with Crippen molar-refractivity contribution >= 4 is 28.2 Å². The van der Waals surface area contributed by atoms with Gasteiger partial charge in [0.25, 0.3) is 11.8 Å². The van der Waals surface area contributed by atoms with Crippen LogP contribution in [0.4, 0.5) is 5.00 Å². The molecule has 2 heterocycles. The molecule has 1 aromatic carbocycles. The van der Waals surface area contributed by atoms with Crippen LogP contribution in [-0.2, 0) is 0 Å². The molecule has 0 radical (unpaired) electrons. The topological polar surface area (TPSA) is 80.6 Å². The number of carbonyl (C=O) groups is 2. The van der Waals surface area contributed by atoms with Gasteiger partial charge in [-0.3, -0.25) is 9.59 Å². The van der Waals surface area contributed by atoms with Crippen molar-refractivity contribution in [1.29, 1.82) is 0 Å². The fourth-order valence-corrected chi connectivity index (χ4v) is 3.27. The summed E-state index contributed by atoms with van der Waals surface area (Å²) in [5.41, 5.74) is 1.20. The number of nitrogens with one attached hydrogen (secondary N) is 2. The summed E-state index contributed by atoms with van der Waals surface area (Å²) >= 11 is 1.22. The molecule has 7 heteroatoms. The van der Waals surface area contributed by atoms with Gasteiger partial charge in [-0.2, -0.15) is 0 Å². The van der Waals surface area contributed by atoms with Crippen LogP contribution in [-0.4, -0.2) is 25.0 Å². The molecular formula is C21H22N2O4S. The highest BCUT2D eigenvalue weighted by molar-refractivity contribution is 7.18. The first-order chi connectivity index (χ1) is 13.6. The number of unbranched alkanes of at least 4 members (excludes halogenated alkanes) is 1. The first-order valence-corrected chi connectivity index (χ1v) is 9.86. The largest absolute Gasteiger partial charge is 0.494 e. The van der Waals surface area contributed by atoms with Crippen molar-refractivity contribution in [3.8, 4) is 5.75 Å². The third-order valence-electron chi connectivity index (χ3n) is 3.96. The minimum atomic E-state index is -0.340. The number of thiophene rings is 1. The molecule has 0 saturated heterocycles. The third-order valence-corrected chi connectivity index (χ3v) is 4.96. The van der Waals surface area contributed by atoms with Crippen molar-refractivity contribution in [2.45, 2.75) is 19.8 Å². The maximum atomic E-state index is 12.2. The van der Waals surface area contributed by atoms with Crippen molar-refractivity contribution in [1.82, 2.24) is 5.32 Å². The van der Waals surface area contributed by atoms with E-state index in [4.69, 9.17) is 9.15 Å². The SMILES string of the molecule is Cc1ccc(OCCCCNC(=O)c2ccc(NC(=O)c3ccco3)s2)cc1. The Morgan fingerprint density at radius 1 is 1.04 bits per heavy atom. The molecule has 0 saturated carbocycles. The van der Waals surface area contributed by atoms with Crippen LogP contribution in [0.15, 0.2) is 59.2 Å². The third kappa shape index (κ3) is 5.72. The van der Waals surface area contributed by atoms with E-state index in [0.29, 0.717) is 23.0 Å². The Hall–Kier alpha value is -3.06. The number of rotatable bonds is 9. The van der Waals surface area contributed by atoms with E-state index in [9.17, 15) is 9.59 Å². The number of ether oxygens (including phenoxy) is 1. The molecule has 0 fully saturated rings. The monoisotopic (exact) mass is 398 g/mol. The first kappa shape index (κ1) is 19.7. The normalized spacial score (nSPS) is 10.5. The summed E-state index contributed by atoms with van der Waals surface area (Å²) in [5.74, 6) is 0.597. The Balaban J connectivity index is 1.34. The molecule has 3 rings (SSSR count). The molecule has 0 atom stereocenters. The second kappa shape index (κ2) is 9.75. The molecule has 0 aliphatic carbocycles. The number of aryl methyl sites for hydroxylation is 1. The second-order valence-corrected chi connectivity index (χ2v) is 7.30. The molecule has 0 spiro atoms. The Morgan fingerprint density at radius 3 is 2.61 bits per heavy atom. The zero-order valence-corrected chi connectivity index (χ0v) is 16.4. The van der Waals surface area contributed by atoms with Gasteiger partial charge in [-0.05, 0) is 56.2 Å². The van der Waals surface area contributed by atoms with Crippen LogP contribution in [0.2, 0.25) is 0 Å². The quantitative estimate of drug-likeness (QED) is 0.521. The average Bonchev–Trinajstić information content (AvgIpc) is 3.38. The number of anilines is 1. The van der Waals surface area contributed by atoms with Crippen LogP contribution in [0.3, 0.4) is 0 Å². The summed E-state index contributed by atoms with van der Waals surface area (Å²) in [6.07, 6.45) is 3.11. The van der Waals surface area contributed by atoms with Crippen molar-refractivity contribution in [2.24, 2.45) is 0 Å². The average molecular weight is 398 g/mol.